The first-order valence-corrected chi connectivity index (χ1v) is 7.78. The molecular weight excluding hydrogens is 315 g/mol. The van der Waals surface area contributed by atoms with Crippen molar-refractivity contribution in [1.29, 1.82) is 0 Å². The number of hydrogen-bond acceptors (Lipinski definition) is 5. The molecule has 8 heteroatoms. The monoisotopic (exact) mass is 334 g/mol. The van der Waals surface area contributed by atoms with Crippen molar-refractivity contribution >= 4 is 6.03 Å². The molecule has 2 amide bonds. The summed E-state index contributed by atoms with van der Waals surface area (Å²) in [6, 6.07) is 4.64. The molecule has 1 saturated carbocycles. The Kier molecular flexibility index (Phi) is 4.48. The molecule has 0 saturated heterocycles. The molecule has 3 N–H and O–H groups in total. The first kappa shape index (κ1) is 16.4. The first-order chi connectivity index (χ1) is 11.5. The van der Waals surface area contributed by atoms with E-state index in [4.69, 9.17) is 4.52 Å². The van der Waals surface area contributed by atoms with Gasteiger partial charge in [-0.15, -0.1) is 0 Å². The van der Waals surface area contributed by atoms with Crippen molar-refractivity contribution in [2.24, 2.45) is 0 Å². The van der Waals surface area contributed by atoms with Gasteiger partial charge < -0.3 is 20.3 Å². The number of rotatable bonds is 5. The van der Waals surface area contributed by atoms with Crippen LogP contribution in [0, 0.1) is 12.7 Å². The number of nitrogens with one attached hydrogen (secondary N) is 2. The third kappa shape index (κ3) is 3.53. The largest absolute Gasteiger partial charge is 0.388 e. The van der Waals surface area contributed by atoms with Crippen molar-refractivity contribution in [1.82, 2.24) is 20.8 Å². The van der Waals surface area contributed by atoms with Gasteiger partial charge in [0.2, 0.25) is 5.89 Å². The lowest BCUT2D eigenvalue weighted by Crippen LogP contribution is -2.50. The molecule has 0 bridgehead atoms. The smallest absolute Gasteiger partial charge is 0.315 e. The Morgan fingerprint density at radius 2 is 2.21 bits per heavy atom. The molecule has 128 valence electrons. The van der Waals surface area contributed by atoms with Crippen LogP contribution in [-0.2, 0) is 0 Å². The van der Waals surface area contributed by atoms with Crippen LogP contribution < -0.4 is 10.6 Å². The van der Waals surface area contributed by atoms with Crippen molar-refractivity contribution in [2.75, 3.05) is 6.54 Å². The van der Waals surface area contributed by atoms with Crippen molar-refractivity contribution in [3.8, 4) is 0 Å². The molecule has 1 fully saturated rings. The summed E-state index contributed by atoms with van der Waals surface area (Å²) in [6.45, 7) is 1.76. The summed E-state index contributed by atoms with van der Waals surface area (Å²) in [7, 11) is 0. The van der Waals surface area contributed by atoms with Gasteiger partial charge in [-0.25, -0.2) is 9.18 Å². The van der Waals surface area contributed by atoms with Crippen molar-refractivity contribution in [2.45, 2.75) is 37.8 Å². The molecule has 3 rings (SSSR count). The Morgan fingerprint density at radius 1 is 1.46 bits per heavy atom. The summed E-state index contributed by atoms with van der Waals surface area (Å²) in [5, 5.41) is 19.1. The Morgan fingerprint density at radius 3 is 2.79 bits per heavy atom. The van der Waals surface area contributed by atoms with E-state index in [0.29, 0.717) is 18.7 Å². The number of urea groups is 1. The predicted octanol–water partition coefficient (Wildman–Crippen LogP) is 1.82. The fourth-order valence-electron chi connectivity index (χ4n) is 2.61. The highest BCUT2D eigenvalue weighted by molar-refractivity contribution is 5.75. The standard InChI is InChI=1S/C16H19FN4O3/c1-10-19-14(21-24-10)13(11-5-2-3-6-12(11)17)20-15(22)18-9-16(23)7-4-8-16/h2-3,5-6,13,23H,4,7-9H2,1H3,(H2,18,20,22). The average molecular weight is 334 g/mol. The van der Waals surface area contributed by atoms with Crippen LogP contribution in [0.3, 0.4) is 0 Å². The number of carbonyl (C=O) groups excluding carboxylic acids is 1. The number of halogens is 1. The van der Waals surface area contributed by atoms with E-state index < -0.39 is 23.5 Å². The van der Waals surface area contributed by atoms with Gasteiger partial charge in [0.15, 0.2) is 5.82 Å². The van der Waals surface area contributed by atoms with Crippen LogP contribution in [0.25, 0.3) is 0 Å². The van der Waals surface area contributed by atoms with Gasteiger partial charge in [-0.05, 0) is 25.3 Å². The zero-order chi connectivity index (χ0) is 17.2. The van der Waals surface area contributed by atoms with E-state index in [2.05, 4.69) is 20.8 Å². The van der Waals surface area contributed by atoms with Gasteiger partial charge in [0.25, 0.3) is 0 Å². The minimum Gasteiger partial charge on any atom is -0.388 e. The molecule has 2 aromatic rings. The van der Waals surface area contributed by atoms with Gasteiger partial charge in [0.05, 0.1) is 5.60 Å². The average Bonchev–Trinajstić information content (AvgIpc) is 2.96. The predicted molar refractivity (Wildman–Crippen MR) is 82.6 cm³/mol. The third-order valence-electron chi connectivity index (χ3n) is 4.16. The number of nitrogens with zero attached hydrogens (tertiary/aromatic N) is 2. The lowest BCUT2D eigenvalue weighted by Gasteiger charge is -2.36. The molecule has 1 unspecified atom stereocenters. The zero-order valence-electron chi connectivity index (χ0n) is 13.3. The number of aryl methyl sites for hydroxylation is 1. The van der Waals surface area contributed by atoms with E-state index in [1.165, 1.54) is 6.07 Å². The highest BCUT2D eigenvalue weighted by Gasteiger charge is 2.35. The maximum absolute atomic E-state index is 14.1. The van der Waals surface area contributed by atoms with E-state index in [1.807, 2.05) is 0 Å². The molecule has 0 spiro atoms. The normalized spacial score (nSPS) is 17.0. The number of carbonyl (C=O) groups is 1. The third-order valence-corrected chi connectivity index (χ3v) is 4.16. The van der Waals surface area contributed by atoms with Crippen LogP contribution >= 0.6 is 0 Å². The molecule has 7 nitrogen and oxygen atoms in total. The summed E-state index contributed by atoms with van der Waals surface area (Å²) in [5.41, 5.74) is -0.607. The minimum absolute atomic E-state index is 0.147. The van der Waals surface area contributed by atoms with Gasteiger partial charge in [0, 0.05) is 19.0 Å². The van der Waals surface area contributed by atoms with Crippen LogP contribution in [0.4, 0.5) is 9.18 Å². The number of benzene rings is 1. The second-order valence-electron chi connectivity index (χ2n) is 6.03. The van der Waals surface area contributed by atoms with Crippen LogP contribution in [0.1, 0.15) is 42.6 Å². The SMILES string of the molecule is Cc1nc(C(NC(=O)NCC2(O)CCC2)c2ccccc2F)no1. The van der Waals surface area contributed by atoms with E-state index in [0.717, 1.165) is 6.42 Å². The van der Waals surface area contributed by atoms with Crippen molar-refractivity contribution in [3.63, 3.8) is 0 Å². The maximum atomic E-state index is 14.1. The Balaban J connectivity index is 1.75. The van der Waals surface area contributed by atoms with E-state index in [-0.39, 0.29) is 17.9 Å². The Bertz CT molecular complexity index is 730. The first-order valence-electron chi connectivity index (χ1n) is 7.78. The second-order valence-corrected chi connectivity index (χ2v) is 6.03. The van der Waals surface area contributed by atoms with Crippen LogP contribution in [0.2, 0.25) is 0 Å². The molecule has 1 aromatic heterocycles. The fraction of sp³-hybridized carbons (Fsp3) is 0.438. The molecule has 24 heavy (non-hydrogen) atoms. The summed E-state index contributed by atoms with van der Waals surface area (Å²) in [5.74, 6) is -0.00435. The van der Waals surface area contributed by atoms with E-state index in [1.54, 1.807) is 25.1 Å². The fourth-order valence-corrected chi connectivity index (χ4v) is 2.61. The van der Waals surface area contributed by atoms with E-state index in [9.17, 15) is 14.3 Å². The molecule has 0 aliphatic heterocycles. The number of amides is 2. The summed E-state index contributed by atoms with van der Waals surface area (Å²) in [4.78, 5) is 16.2. The highest BCUT2D eigenvalue weighted by atomic mass is 19.1. The van der Waals surface area contributed by atoms with Gasteiger partial charge in [-0.3, -0.25) is 0 Å². The van der Waals surface area contributed by atoms with Crippen molar-refractivity contribution in [3.05, 3.63) is 47.4 Å². The highest BCUT2D eigenvalue weighted by Crippen LogP contribution is 2.30. The van der Waals surface area contributed by atoms with Crippen LogP contribution in [0.15, 0.2) is 28.8 Å². The number of aromatic nitrogens is 2. The number of aliphatic hydroxyl groups is 1. The maximum Gasteiger partial charge on any atom is 0.315 e. The number of hydrogen-bond donors (Lipinski definition) is 3. The van der Waals surface area contributed by atoms with Gasteiger partial charge in [0.1, 0.15) is 11.9 Å². The minimum atomic E-state index is -0.889. The van der Waals surface area contributed by atoms with E-state index >= 15 is 0 Å². The molecule has 0 radical (unpaired) electrons. The molecule has 1 aliphatic carbocycles. The van der Waals surface area contributed by atoms with Gasteiger partial charge in [-0.1, -0.05) is 23.4 Å². The summed E-state index contributed by atoms with van der Waals surface area (Å²) >= 11 is 0. The molecule has 1 aromatic carbocycles. The zero-order valence-corrected chi connectivity index (χ0v) is 13.3. The lowest BCUT2D eigenvalue weighted by atomic mass is 9.80. The quantitative estimate of drug-likeness (QED) is 0.774. The van der Waals surface area contributed by atoms with Gasteiger partial charge in [-0.2, -0.15) is 4.98 Å². The van der Waals surface area contributed by atoms with Gasteiger partial charge >= 0.3 is 6.03 Å². The summed E-state index contributed by atoms with van der Waals surface area (Å²) in [6.07, 6.45) is 2.27. The molecular formula is C16H19FN4O3. The van der Waals surface area contributed by atoms with Crippen molar-refractivity contribution < 1.29 is 18.8 Å². The topological polar surface area (TPSA) is 100 Å². The van der Waals surface area contributed by atoms with Crippen LogP contribution in [0.5, 0.6) is 0 Å². The second kappa shape index (κ2) is 6.56. The molecule has 1 aliphatic rings. The molecule has 1 atom stereocenters. The Labute approximate surface area is 138 Å². The lowest BCUT2D eigenvalue weighted by molar-refractivity contribution is -0.0290. The van der Waals surface area contributed by atoms with Crippen LogP contribution in [-0.4, -0.2) is 33.4 Å². The Hall–Kier alpha value is -2.48. The summed E-state index contributed by atoms with van der Waals surface area (Å²) < 4.78 is 19.1. The molecule has 1 heterocycles.